The minimum absolute atomic E-state index is 0.275. The Balaban J connectivity index is 1.97. The zero-order valence-corrected chi connectivity index (χ0v) is 20.3. The molecule has 8 nitrogen and oxygen atoms in total. The summed E-state index contributed by atoms with van der Waals surface area (Å²) in [5.74, 6) is 1.21. The zero-order chi connectivity index (χ0) is 24.4. The SMILES string of the molecule is COC(=O)C1=C(C)N=c2sc(=Cc3cccc(OC)c3OC)c(=O)n2C1c1ccc(OC)cc1. The summed E-state index contributed by atoms with van der Waals surface area (Å²) in [6, 6.07) is 12.0. The van der Waals surface area contributed by atoms with Gasteiger partial charge in [-0.2, -0.15) is 0 Å². The molecular weight excluding hydrogens is 456 g/mol. The molecule has 3 aromatic rings. The number of thiazole rings is 1. The lowest BCUT2D eigenvalue weighted by Gasteiger charge is -2.24. The average Bonchev–Trinajstić information content (AvgIpc) is 3.16. The minimum Gasteiger partial charge on any atom is -0.497 e. The molecule has 34 heavy (non-hydrogen) atoms. The molecule has 2 heterocycles. The molecule has 0 amide bonds. The van der Waals surface area contributed by atoms with Gasteiger partial charge in [0.25, 0.3) is 5.56 Å². The van der Waals surface area contributed by atoms with Crippen molar-refractivity contribution >= 4 is 23.4 Å². The second-order valence-electron chi connectivity index (χ2n) is 7.43. The van der Waals surface area contributed by atoms with Crippen molar-refractivity contribution in [1.82, 2.24) is 4.57 Å². The predicted molar refractivity (Wildman–Crippen MR) is 128 cm³/mol. The van der Waals surface area contributed by atoms with Crippen molar-refractivity contribution in [1.29, 1.82) is 0 Å². The summed E-state index contributed by atoms with van der Waals surface area (Å²) in [5.41, 5.74) is 1.97. The number of carbonyl (C=O) groups is 1. The summed E-state index contributed by atoms with van der Waals surface area (Å²) in [7, 11) is 6.00. The molecule has 1 aliphatic heterocycles. The number of hydrogen-bond acceptors (Lipinski definition) is 8. The Kier molecular flexibility index (Phi) is 6.56. The van der Waals surface area contributed by atoms with Gasteiger partial charge < -0.3 is 18.9 Å². The van der Waals surface area contributed by atoms with E-state index in [-0.39, 0.29) is 5.56 Å². The molecule has 0 bridgehead atoms. The summed E-state index contributed by atoms with van der Waals surface area (Å²) in [4.78, 5) is 31.4. The van der Waals surface area contributed by atoms with E-state index in [1.165, 1.54) is 23.0 Å². The van der Waals surface area contributed by atoms with E-state index in [1.54, 1.807) is 52.5 Å². The van der Waals surface area contributed by atoms with Gasteiger partial charge in [0, 0.05) is 5.56 Å². The lowest BCUT2D eigenvalue weighted by atomic mass is 9.96. The van der Waals surface area contributed by atoms with Crippen molar-refractivity contribution in [2.24, 2.45) is 4.99 Å². The van der Waals surface area contributed by atoms with E-state index in [9.17, 15) is 9.59 Å². The largest absolute Gasteiger partial charge is 0.497 e. The maximum Gasteiger partial charge on any atom is 0.338 e. The van der Waals surface area contributed by atoms with E-state index in [0.29, 0.717) is 43.4 Å². The van der Waals surface area contributed by atoms with Gasteiger partial charge in [0.1, 0.15) is 5.75 Å². The first-order chi connectivity index (χ1) is 16.4. The van der Waals surface area contributed by atoms with E-state index >= 15 is 0 Å². The first-order valence-corrected chi connectivity index (χ1v) is 11.2. The van der Waals surface area contributed by atoms with Crippen molar-refractivity contribution in [2.45, 2.75) is 13.0 Å². The number of ether oxygens (including phenoxy) is 4. The fourth-order valence-corrected chi connectivity index (χ4v) is 5.00. The van der Waals surface area contributed by atoms with Crippen LogP contribution in [0, 0.1) is 0 Å². The van der Waals surface area contributed by atoms with Crippen molar-refractivity contribution in [3.8, 4) is 17.2 Å². The Morgan fingerprint density at radius 1 is 1.03 bits per heavy atom. The van der Waals surface area contributed by atoms with Gasteiger partial charge in [-0.05, 0) is 36.8 Å². The van der Waals surface area contributed by atoms with Crippen LogP contribution < -0.4 is 29.1 Å². The van der Waals surface area contributed by atoms with E-state index in [0.717, 1.165) is 5.56 Å². The van der Waals surface area contributed by atoms with Crippen molar-refractivity contribution in [2.75, 3.05) is 28.4 Å². The van der Waals surface area contributed by atoms with Gasteiger partial charge in [0.05, 0.1) is 50.3 Å². The van der Waals surface area contributed by atoms with Gasteiger partial charge in [-0.15, -0.1) is 0 Å². The second-order valence-corrected chi connectivity index (χ2v) is 8.44. The van der Waals surface area contributed by atoms with Crippen molar-refractivity contribution < 1.29 is 23.7 Å². The third-order valence-electron chi connectivity index (χ3n) is 5.58. The number of esters is 1. The summed E-state index contributed by atoms with van der Waals surface area (Å²) in [6.45, 7) is 1.74. The predicted octanol–water partition coefficient (Wildman–Crippen LogP) is 2.43. The van der Waals surface area contributed by atoms with E-state index < -0.39 is 12.0 Å². The Hall–Kier alpha value is -3.85. The lowest BCUT2D eigenvalue weighted by Crippen LogP contribution is -2.39. The van der Waals surface area contributed by atoms with Gasteiger partial charge in [0.2, 0.25) is 0 Å². The maximum absolute atomic E-state index is 13.7. The standard InChI is InChI=1S/C25H24N2O6S/c1-14-20(24(29)33-5)21(15-9-11-17(30-2)12-10-15)27-23(28)19(34-25(27)26-14)13-16-7-6-8-18(31-3)22(16)32-4/h6-13,21H,1-5H3. The third kappa shape index (κ3) is 3.99. The maximum atomic E-state index is 13.7. The quantitative estimate of drug-likeness (QED) is 0.504. The van der Waals surface area contributed by atoms with Gasteiger partial charge in [-0.25, -0.2) is 9.79 Å². The van der Waals surface area contributed by atoms with E-state index in [1.807, 2.05) is 24.3 Å². The Bertz CT molecular complexity index is 1450. The van der Waals surface area contributed by atoms with Crippen LogP contribution in [0.4, 0.5) is 0 Å². The van der Waals surface area contributed by atoms with Crippen LogP contribution in [0.15, 0.2) is 63.5 Å². The molecule has 1 aromatic heterocycles. The highest BCUT2D eigenvalue weighted by molar-refractivity contribution is 7.07. The molecule has 9 heteroatoms. The Morgan fingerprint density at radius 2 is 1.76 bits per heavy atom. The number of para-hydroxylation sites is 1. The van der Waals surface area contributed by atoms with E-state index in [4.69, 9.17) is 18.9 Å². The average molecular weight is 481 g/mol. The molecule has 0 saturated carbocycles. The molecular formula is C25H24N2O6S. The topological polar surface area (TPSA) is 88.4 Å². The zero-order valence-electron chi connectivity index (χ0n) is 19.4. The number of allylic oxidation sites excluding steroid dienone is 1. The van der Waals surface area contributed by atoms with Crippen LogP contribution in [0.1, 0.15) is 24.1 Å². The van der Waals surface area contributed by atoms with Crippen LogP contribution in [-0.2, 0) is 9.53 Å². The Labute approximate surface area is 200 Å². The molecule has 1 aliphatic rings. The molecule has 0 aliphatic carbocycles. The Morgan fingerprint density at radius 3 is 2.38 bits per heavy atom. The van der Waals surface area contributed by atoms with Crippen LogP contribution >= 0.6 is 11.3 Å². The summed E-state index contributed by atoms with van der Waals surface area (Å²) >= 11 is 1.24. The molecule has 1 unspecified atom stereocenters. The summed E-state index contributed by atoms with van der Waals surface area (Å²) in [6.07, 6.45) is 1.74. The van der Waals surface area contributed by atoms with E-state index in [2.05, 4.69) is 4.99 Å². The summed E-state index contributed by atoms with van der Waals surface area (Å²) in [5, 5.41) is 0. The third-order valence-corrected chi connectivity index (χ3v) is 6.56. The number of rotatable bonds is 6. The number of fused-ring (bicyclic) bond motifs is 1. The highest BCUT2D eigenvalue weighted by Gasteiger charge is 2.33. The molecule has 1 atom stereocenters. The number of methoxy groups -OCH3 is 4. The number of carbonyl (C=O) groups excluding carboxylic acids is 1. The normalized spacial score (nSPS) is 15.4. The molecule has 176 valence electrons. The monoisotopic (exact) mass is 480 g/mol. The minimum atomic E-state index is -0.691. The van der Waals surface area contributed by atoms with Crippen LogP contribution in [-0.4, -0.2) is 39.0 Å². The second kappa shape index (κ2) is 9.56. The number of benzene rings is 2. The van der Waals surface area contributed by atoms with Crippen LogP contribution in [0.2, 0.25) is 0 Å². The summed E-state index contributed by atoms with van der Waals surface area (Å²) < 4.78 is 23.2. The smallest absolute Gasteiger partial charge is 0.338 e. The van der Waals surface area contributed by atoms with Crippen LogP contribution in [0.5, 0.6) is 17.2 Å². The first-order valence-electron chi connectivity index (χ1n) is 10.4. The van der Waals surface area contributed by atoms with Crippen LogP contribution in [0.25, 0.3) is 6.08 Å². The van der Waals surface area contributed by atoms with Crippen molar-refractivity contribution in [3.63, 3.8) is 0 Å². The number of hydrogen-bond donors (Lipinski definition) is 0. The highest BCUT2D eigenvalue weighted by Crippen LogP contribution is 2.32. The molecule has 4 rings (SSSR count). The molecule has 0 radical (unpaired) electrons. The fourth-order valence-electron chi connectivity index (χ4n) is 3.96. The van der Waals surface area contributed by atoms with Gasteiger partial charge >= 0.3 is 5.97 Å². The highest BCUT2D eigenvalue weighted by atomic mass is 32.1. The lowest BCUT2D eigenvalue weighted by molar-refractivity contribution is -0.136. The molecule has 0 N–H and O–H groups in total. The van der Waals surface area contributed by atoms with Crippen molar-refractivity contribution in [3.05, 3.63) is 84.5 Å². The van der Waals surface area contributed by atoms with Gasteiger partial charge in [0.15, 0.2) is 16.3 Å². The van der Waals surface area contributed by atoms with Gasteiger partial charge in [-0.1, -0.05) is 35.6 Å². The van der Waals surface area contributed by atoms with Crippen LogP contribution in [0.3, 0.4) is 0 Å². The fraction of sp³-hybridized carbons (Fsp3) is 0.240. The van der Waals surface area contributed by atoms with Gasteiger partial charge in [-0.3, -0.25) is 9.36 Å². The first kappa shape index (κ1) is 23.3. The molecule has 0 spiro atoms. The number of aromatic nitrogens is 1. The number of nitrogens with zero attached hydrogens (tertiary/aromatic N) is 2. The molecule has 0 fully saturated rings. The molecule has 2 aromatic carbocycles. The molecule has 0 saturated heterocycles.